The van der Waals surface area contributed by atoms with Crippen molar-refractivity contribution < 1.29 is 13.2 Å². The van der Waals surface area contributed by atoms with Crippen molar-refractivity contribution in [2.45, 2.75) is 19.5 Å². The van der Waals surface area contributed by atoms with E-state index >= 15 is 0 Å². The van der Waals surface area contributed by atoms with E-state index in [1.165, 1.54) is 6.07 Å². The van der Waals surface area contributed by atoms with Gasteiger partial charge in [-0.3, -0.25) is 0 Å². The maximum Gasteiger partial charge on any atom is 0.161 e. The number of aromatic nitrogens is 2. The van der Waals surface area contributed by atoms with Gasteiger partial charge in [0.15, 0.2) is 11.6 Å². The summed E-state index contributed by atoms with van der Waals surface area (Å²) in [6.45, 7) is 3.26. The van der Waals surface area contributed by atoms with Crippen molar-refractivity contribution in [3.05, 3.63) is 54.3 Å². The first kappa shape index (κ1) is 13.8. The van der Waals surface area contributed by atoms with Crippen LogP contribution in [0.4, 0.5) is 8.78 Å². The van der Waals surface area contributed by atoms with E-state index in [0.29, 0.717) is 24.1 Å². The van der Waals surface area contributed by atoms with Crippen LogP contribution < -0.4 is 5.32 Å². The number of nitrogens with zero attached hydrogens (tertiary/aromatic N) is 2. The molecule has 1 N–H and O–H groups in total. The minimum absolute atomic E-state index is 0.0870. The second-order valence-corrected chi connectivity index (χ2v) is 4.88. The summed E-state index contributed by atoms with van der Waals surface area (Å²) in [5, 5.41) is 3.30. The van der Waals surface area contributed by atoms with Crippen LogP contribution in [0.25, 0.3) is 11.0 Å². The molecule has 0 bridgehead atoms. The number of benzene rings is 1. The van der Waals surface area contributed by atoms with Crippen LogP contribution in [0.3, 0.4) is 0 Å². The van der Waals surface area contributed by atoms with E-state index in [9.17, 15) is 8.78 Å². The highest BCUT2D eigenvalue weighted by molar-refractivity contribution is 5.75. The highest BCUT2D eigenvalue weighted by Crippen LogP contribution is 2.17. The van der Waals surface area contributed by atoms with Gasteiger partial charge in [0, 0.05) is 25.2 Å². The Morgan fingerprint density at radius 1 is 1.33 bits per heavy atom. The number of rotatable bonds is 5. The van der Waals surface area contributed by atoms with Crippen LogP contribution in [0.1, 0.15) is 18.7 Å². The zero-order valence-corrected chi connectivity index (χ0v) is 11.5. The third-order valence-electron chi connectivity index (χ3n) is 3.44. The molecule has 21 heavy (non-hydrogen) atoms. The van der Waals surface area contributed by atoms with Crippen LogP contribution in [0.15, 0.2) is 41.3 Å². The lowest BCUT2D eigenvalue weighted by atomic mass is 10.2. The molecule has 4 nitrogen and oxygen atoms in total. The number of furan rings is 1. The average molecular weight is 291 g/mol. The van der Waals surface area contributed by atoms with Crippen LogP contribution >= 0.6 is 0 Å². The van der Waals surface area contributed by atoms with Crippen molar-refractivity contribution >= 4 is 11.0 Å². The monoisotopic (exact) mass is 291 g/mol. The maximum absolute atomic E-state index is 13.3. The van der Waals surface area contributed by atoms with Gasteiger partial charge in [0.1, 0.15) is 5.76 Å². The molecule has 0 fully saturated rings. The second kappa shape index (κ2) is 5.65. The molecule has 0 spiro atoms. The lowest BCUT2D eigenvalue weighted by molar-refractivity contribution is 0.424. The molecule has 1 atom stereocenters. The summed E-state index contributed by atoms with van der Waals surface area (Å²) in [6, 6.07) is 6.12. The van der Waals surface area contributed by atoms with Crippen molar-refractivity contribution in [2.75, 3.05) is 6.54 Å². The summed E-state index contributed by atoms with van der Waals surface area (Å²) < 4.78 is 33.5. The standard InChI is InChI=1S/C15H15F2N3O/c1-10(15-3-2-6-21-15)18-4-5-20-9-19-13-7-11(16)12(17)8-14(13)20/h2-3,6-10,18H,4-5H2,1H3. The average Bonchev–Trinajstić information content (AvgIpc) is 3.10. The van der Waals surface area contributed by atoms with Crippen molar-refractivity contribution in [1.29, 1.82) is 0 Å². The predicted molar refractivity (Wildman–Crippen MR) is 74.8 cm³/mol. The van der Waals surface area contributed by atoms with Gasteiger partial charge in [-0.2, -0.15) is 0 Å². The zero-order valence-electron chi connectivity index (χ0n) is 11.5. The van der Waals surface area contributed by atoms with E-state index in [-0.39, 0.29) is 6.04 Å². The lowest BCUT2D eigenvalue weighted by Crippen LogP contribution is -2.22. The van der Waals surface area contributed by atoms with Gasteiger partial charge in [-0.05, 0) is 19.1 Å². The van der Waals surface area contributed by atoms with E-state index in [0.717, 1.165) is 11.8 Å². The maximum atomic E-state index is 13.3. The van der Waals surface area contributed by atoms with E-state index < -0.39 is 11.6 Å². The molecule has 0 aliphatic rings. The predicted octanol–water partition coefficient (Wildman–Crippen LogP) is 3.26. The van der Waals surface area contributed by atoms with Crippen LogP contribution in [-0.2, 0) is 6.54 Å². The van der Waals surface area contributed by atoms with Gasteiger partial charge in [0.25, 0.3) is 0 Å². The normalized spacial score (nSPS) is 12.9. The van der Waals surface area contributed by atoms with E-state index in [2.05, 4.69) is 10.3 Å². The number of imidazole rings is 1. The third-order valence-corrected chi connectivity index (χ3v) is 3.44. The number of halogens is 2. The summed E-state index contributed by atoms with van der Waals surface area (Å²) in [5.41, 5.74) is 1.04. The first-order chi connectivity index (χ1) is 10.1. The third kappa shape index (κ3) is 2.80. The molecule has 1 unspecified atom stereocenters. The molecule has 0 aliphatic carbocycles. The molecule has 0 saturated carbocycles. The second-order valence-electron chi connectivity index (χ2n) is 4.88. The minimum Gasteiger partial charge on any atom is -0.468 e. The van der Waals surface area contributed by atoms with Gasteiger partial charge in [0.05, 0.1) is 29.7 Å². The summed E-state index contributed by atoms with van der Waals surface area (Å²) in [5.74, 6) is -0.878. The SMILES string of the molecule is CC(NCCn1cnc2cc(F)c(F)cc21)c1ccco1. The van der Waals surface area contributed by atoms with E-state index in [4.69, 9.17) is 4.42 Å². The molecule has 2 heterocycles. The minimum atomic E-state index is -0.877. The van der Waals surface area contributed by atoms with Crippen LogP contribution in [0, 0.1) is 11.6 Å². The molecule has 3 aromatic rings. The first-order valence-corrected chi connectivity index (χ1v) is 6.72. The number of nitrogens with one attached hydrogen (secondary N) is 1. The molecule has 6 heteroatoms. The zero-order chi connectivity index (χ0) is 14.8. The van der Waals surface area contributed by atoms with E-state index in [1.54, 1.807) is 17.2 Å². The Labute approximate surface area is 120 Å². The fourth-order valence-corrected chi connectivity index (χ4v) is 2.27. The van der Waals surface area contributed by atoms with E-state index in [1.807, 2.05) is 19.1 Å². The Kier molecular flexibility index (Phi) is 3.70. The lowest BCUT2D eigenvalue weighted by Gasteiger charge is -2.12. The molecule has 0 radical (unpaired) electrons. The largest absolute Gasteiger partial charge is 0.468 e. The Morgan fingerprint density at radius 3 is 2.90 bits per heavy atom. The van der Waals surface area contributed by atoms with Crippen LogP contribution in [0.2, 0.25) is 0 Å². The summed E-state index contributed by atoms with van der Waals surface area (Å²) in [7, 11) is 0. The van der Waals surface area contributed by atoms with Crippen molar-refractivity contribution in [2.24, 2.45) is 0 Å². The fraction of sp³-hybridized carbons (Fsp3) is 0.267. The van der Waals surface area contributed by atoms with Gasteiger partial charge < -0.3 is 14.3 Å². The van der Waals surface area contributed by atoms with Gasteiger partial charge in [-0.15, -0.1) is 0 Å². The molecule has 1 aromatic carbocycles. The fourth-order valence-electron chi connectivity index (χ4n) is 2.27. The number of hydrogen-bond donors (Lipinski definition) is 1. The first-order valence-electron chi connectivity index (χ1n) is 6.72. The van der Waals surface area contributed by atoms with Crippen LogP contribution in [0.5, 0.6) is 0 Å². The van der Waals surface area contributed by atoms with Gasteiger partial charge in [0.2, 0.25) is 0 Å². The smallest absolute Gasteiger partial charge is 0.161 e. The highest BCUT2D eigenvalue weighted by Gasteiger charge is 2.10. The Morgan fingerprint density at radius 2 is 2.14 bits per heavy atom. The van der Waals surface area contributed by atoms with Gasteiger partial charge in [-0.1, -0.05) is 0 Å². The molecular weight excluding hydrogens is 276 g/mol. The molecule has 0 amide bonds. The van der Waals surface area contributed by atoms with Crippen molar-refractivity contribution in [3.8, 4) is 0 Å². The van der Waals surface area contributed by atoms with Crippen LogP contribution in [-0.4, -0.2) is 16.1 Å². The molecule has 3 rings (SSSR count). The Bertz CT molecular complexity index is 737. The molecule has 0 aliphatic heterocycles. The summed E-state index contributed by atoms with van der Waals surface area (Å²) in [4.78, 5) is 4.08. The molecular formula is C15H15F2N3O. The van der Waals surface area contributed by atoms with Gasteiger partial charge in [-0.25, -0.2) is 13.8 Å². The summed E-state index contributed by atoms with van der Waals surface area (Å²) in [6.07, 6.45) is 3.22. The van der Waals surface area contributed by atoms with Crippen molar-refractivity contribution in [3.63, 3.8) is 0 Å². The topological polar surface area (TPSA) is 43.0 Å². The number of hydrogen-bond acceptors (Lipinski definition) is 3. The van der Waals surface area contributed by atoms with Gasteiger partial charge >= 0.3 is 0 Å². The highest BCUT2D eigenvalue weighted by atomic mass is 19.2. The Hall–Kier alpha value is -2.21. The molecule has 2 aromatic heterocycles. The number of fused-ring (bicyclic) bond motifs is 1. The quantitative estimate of drug-likeness (QED) is 0.784. The molecule has 110 valence electrons. The molecule has 0 saturated heterocycles. The van der Waals surface area contributed by atoms with Crippen molar-refractivity contribution in [1.82, 2.24) is 14.9 Å². The summed E-state index contributed by atoms with van der Waals surface area (Å²) >= 11 is 0. The Balaban J connectivity index is 1.67.